The van der Waals surface area contributed by atoms with Crippen LogP contribution >= 0.6 is 0 Å². The van der Waals surface area contributed by atoms with E-state index in [1.807, 2.05) is 36.4 Å². The molecule has 21 heavy (non-hydrogen) atoms. The second kappa shape index (κ2) is 7.09. The third-order valence-electron chi connectivity index (χ3n) is 2.76. The van der Waals surface area contributed by atoms with Crippen LogP contribution < -0.4 is 15.9 Å². The first kappa shape index (κ1) is 14.6. The summed E-state index contributed by atoms with van der Waals surface area (Å²) >= 11 is 0. The highest BCUT2D eigenvalue weighted by Gasteiger charge is 1.97. The summed E-state index contributed by atoms with van der Waals surface area (Å²) in [5.41, 5.74) is 10.2. The van der Waals surface area contributed by atoms with E-state index in [9.17, 15) is 4.79 Å². The first-order valence-electron chi connectivity index (χ1n) is 6.50. The Balaban J connectivity index is 1.90. The number of carbonyl (C=O) groups excluding carboxylic acids is 1. The van der Waals surface area contributed by atoms with Gasteiger partial charge in [0.2, 0.25) is 0 Å². The van der Waals surface area contributed by atoms with E-state index in [1.165, 1.54) is 11.8 Å². The summed E-state index contributed by atoms with van der Waals surface area (Å²) in [6.45, 7) is 2.58. The Bertz CT molecular complexity index is 636. The maximum absolute atomic E-state index is 10.5. The van der Waals surface area contributed by atoms with Crippen molar-refractivity contribution in [2.75, 3.05) is 0 Å². The minimum absolute atomic E-state index is 0.526. The van der Waals surface area contributed by atoms with E-state index < -0.39 is 6.03 Å². The Kier molecular flexibility index (Phi) is 4.93. The molecule has 0 fully saturated rings. The van der Waals surface area contributed by atoms with Crippen molar-refractivity contribution in [1.29, 1.82) is 0 Å². The number of primary amides is 1. The molecule has 2 aromatic carbocycles. The number of nitrogens with two attached hydrogens (primary N) is 1. The molecule has 5 nitrogen and oxygen atoms in total. The number of amides is 2. The molecule has 0 saturated heterocycles. The van der Waals surface area contributed by atoms with E-state index >= 15 is 0 Å². The van der Waals surface area contributed by atoms with Crippen molar-refractivity contribution in [3.63, 3.8) is 0 Å². The van der Waals surface area contributed by atoms with Crippen LogP contribution in [0.2, 0.25) is 0 Å². The van der Waals surface area contributed by atoms with Crippen LogP contribution in [0.25, 0.3) is 0 Å². The Morgan fingerprint density at radius 2 is 2.05 bits per heavy atom. The molecule has 2 aromatic rings. The second-order valence-corrected chi connectivity index (χ2v) is 4.58. The Morgan fingerprint density at radius 1 is 1.29 bits per heavy atom. The van der Waals surface area contributed by atoms with Crippen molar-refractivity contribution in [3.05, 3.63) is 65.2 Å². The van der Waals surface area contributed by atoms with Gasteiger partial charge < -0.3 is 10.5 Å². The van der Waals surface area contributed by atoms with Gasteiger partial charge >= 0.3 is 6.03 Å². The number of aryl methyl sites for hydroxylation is 1. The normalized spacial score (nSPS) is 10.5. The first-order valence-corrected chi connectivity index (χ1v) is 6.50. The molecular weight excluding hydrogens is 266 g/mol. The number of benzene rings is 2. The molecule has 0 aliphatic rings. The van der Waals surface area contributed by atoms with Gasteiger partial charge in [-0.25, -0.2) is 10.2 Å². The van der Waals surface area contributed by atoms with Gasteiger partial charge in [-0.2, -0.15) is 5.10 Å². The minimum atomic E-state index is -0.690. The average molecular weight is 283 g/mol. The van der Waals surface area contributed by atoms with Crippen molar-refractivity contribution in [3.8, 4) is 5.75 Å². The van der Waals surface area contributed by atoms with Crippen molar-refractivity contribution in [2.24, 2.45) is 10.8 Å². The molecule has 3 N–H and O–H groups in total. The van der Waals surface area contributed by atoms with E-state index in [4.69, 9.17) is 10.5 Å². The number of carbonyl (C=O) groups is 1. The van der Waals surface area contributed by atoms with E-state index in [0.717, 1.165) is 16.9 Å². The molecule has 0 unspecified atom stereocenters. The van der Waals surface area contributed by atoms with E-state index in [-0.39, 0.29) is 0 Å². The van der Waals surface area contributed by atoms with Crippen molar-refractivity contribution < 1.29 is 9.53 Å². The van der Waals surface area contributed by atoms with Gasteiger partial charge in [-0.15, -0.1) is 0 Å². The first-order chi connectivity index (χ1) is 10.1. The fraction of sp³-hybridized carbons (Fsp3) is 0.125. The molecule has 108 valence electrons. The van der Waals surface area contributed by atoms with Gasteiger partial charge in [-0.05, 0) is 42.3 Å². The summed E-state index contributed by atoms with van der Waals surface area (Å²) in [6.07, 6.45) is 1.51. The molecular formula is C16H17N3O2. The Morgan fingerprint density at radius 3 is 2.71 bits per heavy atom. The maximum Gasteiger partial charge on any atom is 0.332 e. The second-order valence-electron chi connectivity index (χ2n) is 4.58. The average Bonchev–Trinajstić information content (AvgIpc) is 2.46. The molecule has 0 aromatic heterocycles. The molecule has 0 aliphatic heterocycles. The Labute approximate surface area is 123 Å². The summed E-state index contributed by atoms with van der Waals surface area (Å²) in [6, 6.07) is 14.9. The summed E-state index contributed by atoms with van der Waals surface area (Å²) in [5, 5.41) is 3.68. The van der Waals surface area contributed by atoms with Crippen LogP contribution in [-0.4, -0.2) is 12.2 Å². The van der Waals surface area contributed by atoms with Crippen LogP contribution in [0.5, 0.6) is 5.75 Å². The zero-order chi connectivity index (χ0) is 15.1. The van der Waals surface area contributed by atoms with E-state index in [1.54, 1.807) is 0 Å². The van der Waals surface area contributed by atoms with E-state index in [0.29, 0.717) is 6.61 Å². The zero-order valence-corrected chi connectivity index (χ0v) is 11.7. The molecule has 0 saturated carbocycles. The fourth-order valence-electron chi connectivity index (χ4n) is 1.79. The molecule has 5 heteroatoms. The van der Waals surface area contributed by atoms with Gasteiger partial charge in [0.25, 0.3) is 0 Å². The SMILES string of the molecule is Cc1cccc(COc2ccc(/C=N/NC(N)=O)cc2)c1. The minimum Gasteiger partial charge on any atom is -0.489 e. The molecule has 0 spiro atoms. The number of hydrogen-bond acceptors (Lipinski definition) is 3. The lowest BCUT2D eigenvalue weighted by Gasteiger charge is -2.07. The lowest BCUT2D eigenvalue weighted by molar-refractivity contribution is 0.249. The van der Waals surface area contributed by atoms with Gasteiger partial charge in [-0.1, -0.05) is 29.8 Å². The molecule has 0 bridgehead atoms. The molecule has 0 aliphatic carbocycles. The predicted molar refractivity (Wildman–Crippen MR) is 82.3 cm³/mol. The highest BCUT2D eigenvalue weighted by Crippen LogP contribution is 2.14. The highest BCUT2D eigenvalue weighted by molar-refractivity contribution is 5.81. The third-order valence-corrected chi connectivity index (χ3v) is 2.76. The number of hydrazone groups is 1. The summed E-state index contributed by atoms with van der Waals surface area (Å²) in [5.74, 6) is 0.775. The smallest absolute Gasteiger partial charge is 0.332 e. The number of nitrogens with one attached hydrogen (secondary N) is 1. The number of rotatable bonds is 5. The number of ether oxygens (including phenoxy) is 1. The number of nitrogens with zero attached hydrogens (tertiary/aromatic N) is 1. The van der Waals surface area contributed by atoms with Crippen LogP contribution in [0.4, 0.5) is 4.79 Å². The van der Waals surface area contributed by atoms with Crippen molar-refractivity contribution >= 4 is 12.2 Å². The molecule has 0 radical (unpaired) electrons. The van der Waals surface area contributed by atoms with E-state index in [2.05, 4.69) is 29.6 Å². The fourth-order valence-corrected chi connectivity index (χ4v) is 1.79. The third kappa shape index (κ3) is 4.99. The monoisotopic (exact) mass is 283 g/mol. The number of urea groups is 1. The van der Waals surface area contributed by atoms with Crippen LogP contribution in [-0.2, 0) is 6.61 Å². The summed E-state index contributed by atoms with van der Waals surface area (Å²) in [4.78, 5) is 10.5. The number of hydrogen-bond donors (Lipinski definition) is 2. The largest absolute Gasteiger partial charge is 0.489 e. The summed E-state index contributed by atoms with van der Waals surface area (Å²) < 4.78 is 5.71. The molecule has 0 heterocycles. The van der Waals surface area contributed by atoms with Gasteiger partial charge in [0.15, 0.2) is 0 Å². The zero-order valence-electron chi connectivity index (χ0n) is 11.7. The van der Waals surface area contributed by atoms with Gasteiger partial charge in [0, 0.05) is 0 Å². The van der Waals surface area contributed by atoms with Crippen LogP contribution in [0.1, 0.15) is 16.7 Å². The highest BCUT2D eigenvalue weighted by atomic mass is 16.5. The van der Waals surface area contributed by atoms with Gasteiger partial charge in [0.05, 0.1) is 6.21 Å². The van der Waals surface area contributed by atoms with Gasteiger partial charge in [-0.3, -0.25) is 0 Å². The lowest BCUT2D eigenvalue weighted by Crippen LogP contribution is -2.24. The predicted octanol–water partition coefficient (Wildman–Crippen LogP) is 2.58. The van der Waals surface area contributed by atoms with Gasteiger partial charge in [0.1, 0.15) is 12.4 Å². The molecule has 0 atom stereocenters. The molecule has 2 amide bonds. The van der Waals surface area contributed by atoms with Crippen LogP contribution in [0.3, 0.4) is 0 Å². The van der Waals surface area contributed by atoms with Crippen molar-refractivity contribution in [2.45, 2.75) is 13.5 Å². The Hall–Kier alpha value is -2.82. The topological polar surface area (TPSA) is 76.7 Å². The van der Waals surface area contributed by atoms with Crippen LogP contribution in [0, 0.1) is 6.92 Å². The van der Waals surface area contributed by atoms with Crippen molar-refractivity contribution in [1.82, 2.24) is 5.43 Å². The van der Waals surface area contributed by atoms with Crippen LogP contribution in [0.15, 0.2) is 53.6 Å². The maximum atomic E-state index is 10.5. The quantitative estimate of drug-likeness (QED) is 0.653. The molecule has 2 rings (SSSR count). The summed E-state index contributed by atoms with van der Waals surface area (Å²) in [7, 11) is 0. The lowest BCUT2D eigenvalue weighted by atomic mass is 10.1. The standard InChI is InChI=1S/C16H17N3O2/c1-12-3-2-4-14(9-12)11-21-15-7-5-13(6-8-15)10-18-19-16(17)20/h2-10H,11H2,1H3,(H3,17,19,20)/b18-10+.